The molecule has 0 saturated heterocycles. The Bertz CT molecular complexity index is 714. The predicted octanol–water partition coefficient (Wildman–Crippen LogP) is 4.58. The monoisotopic (exact) mass is 502 g/mol. The lowest BCUT2D eigenvalue weighted by Crippen LogP contribution is -2.43. The Labute approximate surface area is 206 Å². The molecule has 0 heterocycles. The molecule has 0 aliphatic heterocycles. The zero-order valence-electron chi connectivity index (χ0n) is 21.9. The van der Waals surface area contributed by atoms with Crippen LogP contribution >= 0.6 is 0 Å². The Morgan fingerprint density at radius 3 is 1.20 bits per heavy atom. The lowest BCUT2D eigenvalue weighted by atomic mass is 10.0. The van der Waals surface area contributed by atoms with Gasteiger partial charge in [-0.25, -0.2) is 19.2 Å². The number of hydrogen-bond acceptors (Lipinski definition) is 11. The van der Waals surface area contributed by atoms with Crippen molar-refractivity contribution >= 4 is 24.2 Å². The third-order valence-electron chi connectivity index (χ3n) is 4.45. The molecule has 11 nitrogen and oxygen atoms in total. The Kier molecular flexibility index (Phi) is 12.0. The fraction of sp³-hybridized carbons (Fsp3) is 0.667. The van der Waals surface area contributed by atoms with E-state index < -0.39 is 46.7 Å². The lowest BCUT2D eigenvalue weighted by molar-refractivity contribution is -0.179. The molecule has 0 rings (SSSR count). The van der Waals surface area contributed by atoms with Crippen molar-refractivity contribution < 1.29 is 52.3 Å². The Morgan fingerprint density at radius 1 is 0.600 bits per heavy atom. The summed E-state index contributed by atoms with van der Waals surface area (Å²) < 4.78 is 35.3. The molecule has 35 heavy (non-hydrogen) atoms. The lowest BCUT2D eigenvalue weighted by Gasteiger charge is -2.31. The summed E-state index contributed by atoms with van der Waals surface area (Å²) in [5.41, 5.74) is -4.95. The molecule has 0 fully saturated rings. The van der Waals surface area contributed by atoms with Crippen LogP contribution in [0.2, 0.25) is 0 Å². The first-order valence-electron chi connectivity index (χ1n) is 10.9. The zero-order valence-corrected chi connectivity index (χ0v) is 21.9. The number of hydrogen-bond donors (Lipinski definition) is 0. The molecule has 0 N–H and O–H groups in total. The SMILES string of the molecule is C=COC(=O)OC(C)(C)C(=O)OC(C)(C)CCOCCC(C)(C)OC(=O)C(C)(C)OC(=O)OC=C. The van der Waals surface area contributed by atoms with Crippen molar-refractivity contribution in [2.45, 2.75) is 90.6 Å². The zero-order chi connectivity index (χ0) is 27.5. The van der Waals surface area contributed by atoms with Gasteiger partial charge in [0.15, 0.2) is 0 Å². The van der Waals surface area contributed by atoms with Crippen LogP contribution in [0.15, 0.2) is 25.7 Å². The second-order valence-corrected chi connectivity index (χ2v) is 9.70. The maximum Gasteiger partial charge on any atom is 0.514 e. The van der Waals surface area contributed by atoms with Crippen molar-refractivity contribution in [3.05, 3.63) is 25.7 Å². The van der Waals surface area contributed by atoms with E-state index in [1.807, 2.05) is 0 Å². The van der Waals surface area contributed by atoms with Gasteiger partial charge in [-0.1, -0.05) is 13.2 Å². The Balaban J connectivity index is 4.57. The van der Waals surface area contributed by atoms with Crippen molar-refractivity contribution in [1.29, 1.82) is 0 Å². The molecule has 0 saturated carbocycles. The Hall–Kier alpha value is -3.08. The van der Waals surface area contributed by atoms with Gasteiger partial charge in [0.1, 0.15) is 11.2 Å². The van der Waals surface area contributed by atoms with E-state index in [2.05, 4.69) is 22.6 Å². The molecule has 0 spiro atoms. The molecule has 0 amide bonds. The van der Waals surface area contributed by atoms with Crippen LogP contribution in [-0.4, -0.2) is 59.9 Å². The highest BCUT2D eigenvalue weighted by Gasteiger charge is 2.39. The number of carbonyl (C=O) groups excluding carboxylic acids is 4. The van der Waals surface area contributed by atoms with Crippen molar-refractivity contribution in [3.63, 3.8) is 0 Å². The summed E-state index contributed by atoms with van der Waals surface area (Å²) in [5.74, 6) is -1.50. The van der Waals surface area contributed by atoms with Gasteiger partial charge in [0.2, 0.25) is 11.2 Å². The highest BCUT2D eigenvalue weighted by Crippen LogP contribution is 2.23. The molecule has 0 unspecified atom stereocenters. The second kappa shape index (κ2) is 13.1. The second-order valence-electron chi connectivity index (χ2n) is 9.70. The Morgan fingerprint density at radius 2 is 0.914 bits per heavy atom. The predicted molar refractivity (Wildman–Crippen MR) is 124 cm³/mol. The summed E-state index contributed by atoms with van der Waals surface area (Å²) in [6, 6.07) is 0. The van der Waals surface area contributed by atoms with Gasteiger partial charge >= 0.3 is 24.2 Å². The first-order chi connectivity index (χ1) is 15.9. The van der Waals surface area contributed by atoms with E-state index in [0.717, 1.165) is 12.5 Å². The minimum Gasteiger partial charge on any atom is -0.457 e. The number of carbonyl (C=O) groups is 4. The summed E-state index contributed by atoms with van der Waals surface area (Å²) >= 11 is 0. The van der Waals surface area contributed by atoms with Gasteiger partial charge < -0.3 is 33.2 Å². The van der Waals surface area contributed by atoms with Gasteiger partial charge in [0.25, 0.3) is 0 Å². The molecule has 0 radical (unpaired) electrons. The fourth-order valence-electron chi connectivity index (χ4n) is 2.27. The molecule has 0 aromatic heterocycles. The highest BCUT2D eigenvalue weighted by molar-refractivity contribution is 5.82. The van der Waals surface area contributed by atoms with E-state index in [9.17, 15) is 19.2 Å². The average molecular weight is 503 g/mol. The van der Waals surface area contributed by atoms with Crippen LogP contribution in [0.3, 0.4) is 0 Å². The van der Waals surface area contributed by atoms with Crippen molar-refractivity contribution in [1.82, 2.24) is 0 Å². The highest BCUT2D eigenvalue weighted by atomic mass is 16.7. The van der Waals surface area contributed by atoms with Crippen LogP contribution < -0.4 is 0 Å². The molecule has 11 heteroatoms. The van der Waals surface area contributed by atoms with Gasteiger partial charge in [0.05, 0.1) is 25.7 Å². The minimum atomic E-state index is -1.56. The number of esters is 2. The van der Waals surface area contributed by atoms with Crippen LogP contribution in [0.5, 0.6) is 0 Å². The van der Waals surface area contributed by atoms with E-state index in [1.165, 1.54) is 27.7 Å². The van der Waals surface area contributed by atoms with E-state index >= 15 is 0 Å². The first-order valence-corrected chi connectivity index (χ1v) is 10.9. The molecule has 0 aliphatic carbocycles. The maximum atomic E-state index is 12.4. The summed E-state index contributed by atoms with van der Waals surface area (Å²) in [6.07, 6.45) is 0.331. The van der Waals surface area contributed by atoms with Gasteiger partial charge in [0, 0.05) is 12.8 Å². The molecule has 0 bridgehead atoms. The number of ether oxygens (including phenoxy) is 7. The van der Waals surface area contributed by atoms with Crippen LogP contribution in [0.25, 0.3) is 0 Å². The molecule has 200 valence electrons. The molecular formula is C24H38O11. The first kappa shape index (κ1) is 31.9. The molecule has 0 aromatic carbocycles. The average Bonchev–Trinajstić information content (AvgIpc) is 2.66. The van der Waals surface area contributed by atoms with Crippen molar-refractivity contribution in [3.8, 4) is 0 Å². The van der Waals surface area contributed by atoms with Crippen molar-refractivity contribution in [2.75, 3.05) is 13.2 Å². The molecular weight excluding hydrogens is 464 g/mol. The van der Waals surface area contributed by atoms with E-state index in [4.69, 9.17) is 23.7 Å². The summed E-state index contributed by atoms with van der Waals surface area (Å²) in [4.78, 5) is 47.7. The molecule has 0 aromatic rings. The van der Waals surface area contributed by atoms with Gasteiger partial charge in [-0.2, -0.15) is 0 Å². The summed E-state index contributed by atoms with van der Waals surface area (Å²) in [6.45, 7) is 19.2. The van der Waals surface area contributed by atoms with Gasteiger partial charge in [-0.15, -0.1) is 0 Å². The van der Waals surface area contributed by atoms with Crippen LogP contribution in [0.1, 0.15) is 68.2 Å². The third-order valence-corrected chi connectivity index (χ3v) is 4.45. The van der Waals surface area contributed by atoms with E-state index in [1.54, 1.807) is 27.7 Å². The van der Waals surface area contributed by atoms with Crippen LogP contribution in [-0.2, 0) is 42.7 Å². The maximum absolute atomic E-state index is 12.4. The van der Waals surface area contributed by atoms with Gasteiger partial charge in [-0.05, 0) is 55.4 Å². The molecule has 0 aliphatic rings. The van der Waals surface area contributed by atoms with E-state index in [-0.39, 0.29) is 13.2 Å². The summed E-state index contributed by atoms with van der Waals surface area (Å²) in [7, 11) is 0. The summed E-state index contributed by atoms with van der Waals surface area (Å²) in [5, 5.41) is 0. The standard InChI is InChI=1S/C24H38O11/c1-11-30-19(27)34-23(7,8)17(25)32-21(3,4)13-15-29-16-14-22(5,6)33-18(26)24(9,10)35-20(28)31-12-2/h11-12H,1-2,13-16H2,3-10H3. The van der Waals surface area contributed by atoms with Crippen LogP contribution in [0.4, 0.5) is 9.59 Å². The van der Waals surface area contributed by atoms with Crippen molar-refractivity contribution in [2.24, 2.45) is 0 Å². The normalized spacial score (nSPS) is 12.1. The van der Waals surface area contributed by atoms with E-state index in [0.29, 0.717) is 12.8 Å². The van der Waals surface area contributed by atoms with Crippen LogP contribution in [0, 0.1) is 0 Å². The van der Waals surface area contributed by atoms with Gasteiger partial charge in [-0.3, -0.25) is 0 Å². The largest absolute Gasteiger partial charge is 0.514 e. The quantitative estimate of drug-likeness (QED) is 0.143. The smallest absolute Gasteiger partial charge is 0.457 e. The number of rotatable bonds is 14. The minimum absolute atomic E-state index is 0.242. The topological polar surface area (TPSA) is 133 Å². The fourth-order valence-corrected chi connectivity index (χ4v) is 2.27. The third kappa shape index (κ3) is 12.8. The molecule has 0 atom stereocenters.